The van der Waals surface area contributed by atoms with Crippen LogP contribution >= 0.6 is 0 Å². The lowest BCUT2D eigenvalue weighted by atomic mass is 9.97. The summed E-state index contributed by atoms with van der Waals surface area (Å²) < 4.78 is 19.7. The van der Waals surface area contributed by atoms with Crippen LogP contribution in [0.4, 0.5) is 10.1 Å². The van der Waals surface area contributed by atoms with E-state index < -0.39 is 17.6 Å². The molecular weight excluding hydrogens is 407 g/mol. The van der Waals surface area contributed by atoms with Crippen molar-refractivity contribution >= 4 is 23.1 Å². The normalized spacial score (nSPS) is 13.7. The molecule has 0 atom stereocenters. The number of methoxy groups -OCH3 is 1. The van der Waals surface area contributed by atoms with Crippen LogP contribution in [0, 0.1) is 19.7 Å². The highest BCUT2D eigenvalue weighted by molar-refractivity contribution is 6.36. The number of carbonyl (C=O) groups is 2. The van der Waals surface area contributed by atoms with Gasteiger partial charge in [0.15, 0.2) is 0 Å². The number of nitrogens with zero attached hydrogens (tertiary/aromatic N) is 1. The number of halogens is 1. The summed E-state index contributed by atoms with van der Waals surface area (Å²) in [6.07, 6.45) is 0. The van der Waals surface area contributed by atoms with E-state index in [1.165, 1.54) is 13.2 Å². The topological polar surface area (TPSA) is 58.6 Å². The Morgan fingerprint density at radius 3 is 2.38 bits per heavy atom. The van der Waals surface area contributed by atoms with Gasteiger partial charge in [-0.25, -0.2) is 4.39 Å². The lowest BCUT2D eigenvalue weighted by Crippen LogP contribution is -2.32. The lowest BCUT2D eigenvalue weighted by molar-refractivity contribution is -0.137. The monoisotopic (exact) mass is 430 g/mol. The molecule has 32 heavy (non-hydrogen) atoms. The first kappa shape index (κ1) is 21.3. The molecule has 6 heteroatoms. The summed E-state index contributed by atoms with van der Waals surface area (Å²) >= 11 is 0. The average Bonchev–Trinajstić information content (AvgIpc) is 3.00. The predicted molar refractivity (Wildman–Crippen MR) is 121 cm³/mol. The number of anilines is 1. The number of imide groups is 1. The third-order valence-electron chi connectivity index (χ3n) is 5.47. The zero-order chi connectivity index (χ0) is 22.8. The molecule has 3 aromatic carbocycles. The van der Waals surface area contributed by atoms with E-state index in [1.807, 2.05) is 38.1 Å². The molecule has 0 aromatic heterocycles. The summed E-state index contributed by atoms with van der Waals surface area (Å²) in [4.78, 5) is 28.0. The Morgan fingerprint density at radius 1 is 0.938 bits per heavy atom. The summed E-state index contributed by atoms with van der Waals surface area (Å²) in [5, 5.41) is 3.11. The second-order valence-electron chi connectivity index (χ2n) is 7.68. The minimum Gasteiger partial charge on any atom is -0.495 e. The minimum atomic E-state index is -0.515. The number of hydrogen-bond donors (Lipinski definition) is 1. The fourth-order valence-electron chi connectivity index (χ4n) is 3.86. The maximum atomic E-state index is 14.3. The number of carbonyl (C=O) groups excluding carboxylic acids is 2. The number of nitrogens with one attached hydrogen (secondary N) is 1. The van der Waals surface area contributed by atoms with Crippen molar-refractivity contribution in [3.05, 3.63) is 100 Å². The highest BCUT2D eigenvalue weighted by atomic mass is 19.1. The molecule has 1 aliphatic heterocycles. The molecule has 0 saturated heterocycles. The van der Waals surface area contributed by atoms with E-state index >= 15 is 0 Å². The minimum absolute atomic E-state index is 0.141. The van der Waals surface area contributed by atoms with Crippen molar-refractivity contribution in [3.63, 3.8) is 0 Å². The van der Waals surface area contributed by atoms with Crippen molar-refractivity contribution in [3.8, 4) is 5.75 Å². The smallest absolute Gasteiger partial charge is 0.278 e. The number of rotatable bonds is 6. The third-order valence-corrected chi connectivity index (χ3v) is 5.47. The fraction of sp³-hybridized carbons (Fsp3) is 0.154. The summed E-state index contributed by atoms with van der Waals surface area (Å²) in [5.41, 5.74) is 3.80. The Bertz CT molecular complexity index is 1250. The third kappa shape index (κ3) is 3.87. The van der Waals surface area contributed by atoms with Gasteiger partial charge in [0, 0.05) is 5.56 Å². The zero-order valence-electron chi connectivity index (χ0n) is 18.1. The van der Waals surface area contributed by atoms with E-state index in [0.717, 1.165) is 16.0 Å². The maximum Gasteiger partial charge on any atom is 0.278 e. The quantitative estimate of drug-likeness (QED) is 0.569. The van der Waals surface area contributed by atoms with Crippen molar-refractivity contribution < 1.29 is 18.7 Å². The molecule has 162 valence electrons. The van der Waals surface area contributed by atoms with Gasteiger partial charge in [0.2, 0.25) is 0 Å². The molecule has 4 rings (SSSR count). The first-order chi connectivity index (χ1) is 15.4. The molecular formula is C26H23FN2O3. The van der Waals surface area contributed by atoms with Crippen molar-refractivity contribution in [2.24, 2.45) is 0 Å². The number of hydrogen-bond acceptors (Lipinski definition) is 4. The molecule has 5 nitrogen and oxygen atoms in total. The van der Waals surface area contributed by atoms with Gasteiger partial charge in [-0.1, -0.05) is 54.1 Å². The van der Waals surface area contributed by atoms with Crippen LogP contribution in [0.5, 0.6) is 5.75 Å². The van der Waals surface area contributed by atoms with Crippen molar-refractivity contribution in [1.29, 1.82) is 0 Å². The van der Waals surface area contributed by atoms with E-state index in [0.29, 0.717) is 17.0 Å². The van der Waals surface area contributed by atoms with Crippen molar-refractivity contribution in [2.45, 2.75) is 20.4 Å². The van der Waals surface area contributed by atoms with Gasteiger partial charge in [-0.3, -0.25) is 14.5 Å². The Kier molecular flexibility index (Phi) is 5.77. The van der Waals surface area contributed by atoms with E-state index in [-0.39, 0.29) is 23.4 Å². The van der Waals surface area contributed by atoms with Gasteiger partial charge >= 0.3 is 0 Å². The van der Waals surface area contributed by atoms with E-state index in [1.54, 1.807) is 36.4 Å². The molecule has 0 fully saturated rings. The molecule has 0 saturated carbocycles. The molecule has 1 aliphatic rings. The van der Waals surface area contributed by atoms with Crippen LogP contribution in [0.2, 0.25) is 0 Å². The largest absolute Gasteiger partial charge is 0.495 e. The number of para-hydroxylation sites is 2. The summed E-state index contributed by atoms with van der Waals surface area (Å²) in [6, 6.07) is 19.0. The van der Waals surface area contributed by atoms with E-state index in [4.69, 9.17) is 4.74 Å². The van der Waals surface area contributed by atoms with Crippen LogP contribution in [-0.4, -0.2) is 23.8 Å². The molecule has 0 radical (unpaired) electrons. The van der Waals surface area contributed by atoms with Gasteiger partial charge in [-0.05, 0) is 43.2 Å². The van der Waals surface area contributed by atoms with Gasteiger partial charge in [-0.2, -0.15) is 0 Å². The van der Waals surface area contributed by atoms with Crippen LogP contribution in [0.3, 0.4) is 0 Å². The van der Waals surface area contributed by atoms with Crippen molar-refractivity contribution in [2.75, 3.05) is 12.4 Å². The van der Waals surface area contributed by atoms with E-state index in [2.05, 4.69) is 5.32 Å². The molecule has 3 aromatic rings. The Morgan fingerprint density at radius 2 is 1.66 bits per heavy atom. The van der Waals surface area contributed by atoms with Crippen LogP contribution in [-0.2, 0) is 16.1 Å². The fourth-order valence-corrected chi connectivity index (χ4v) is 3.86. The number of amides is 2. The lowest BCUT2D eigenvalue weighted by Gasteiger charge is -2.16. The molecule has 2 amide bonds. The zero-order valence-corrected chi connectivity index (χ0v) is 18.1. The highest BCUT2D eigenvalue weighted by Gasteiger charge is 2.40. The first-order valence-corrected chi connectivity index (χ1v) is 10.2. The second kappa shape index (κ2) is 8.67. The molecule has 0 bridgehead atoms. The maximum absolute atomic E-state index is 14.3. The molecule has 0 spiro atoms. The van der Waals surface area contributed by atoms with Gasteiger partial charge < -0.3 is 10.1 Å². The number of ether oxygens (including phenoxy) is 1. The Hall–Kier alpha value is -3.93. The molecule has 1 heterocycles. The number of benzene rings is 3. The summed E-state index contributed by atoms with van der Waals surface area (Å²) in [6.45, 7) is 3.70. The SMILES string of the molecule is COc1ccccc1NC1=C(c2ccc(C)cc2C)C(=O)N(Cc2ccccc2F)C1=O. The molecule has 0 aliphatic carbocycles. The van der Waals surface area contributed by atoms with Gasteiger partial charge in [0.25, 0.3) is 11.8 Å². The van der Waals surface area contributed by atoms with Crippen LogP contribution in [0.1, 0.15) is 22.3 Å². The molecule has 1 N–H and O–H groups in total. The summed E-state index contributed by atoms with van der Waals surface area (Å²) in [5.74, 6) is -0.915. The van der Waals surface area contributed by atoms with Gasteiger partial charge in [0.1, 0.15) is 17.3 Å². The number of aryl methyl sites for hydroxylation is 2. The van der Waals surface area contributed by atoms with E-state index in [9.17, 15) is 14.0 Å². The van der Waals surface area contributed by atoms with Crippen LogP contribution in [0.15, 0.2) is 72.4 Å². The standard InChI is InChI=1S/C26H23FN2O3/c1-16-12-13-19(17(2)14-16)23-24(28-21-10-6-7-11-22(21)32-3)26(31)29(25(23)30)15-18-8-4-5-9-20(18)27/h4-14,28H,15H2,1-3H3. The van der Waals surface area contributed by atoms with Crippen LogP contribution in [0.25, 0.3) is 5.57 Å². The first-order valence-electron chi connectivity index (χ1n) is 10.2. The molecule has 0 unspecified atom stereocenters. The van der Waals surface area contributed by atoms with Crippen molar-refractivity contribution in [1.82, 2.24) is 4.90 Å². The summed E-state index contributed by atoms with van der Waals surface area (Å²) in [7, 11) is 1.53. The average molecular weight is 430 g/mol. The highest BCUT2D eigenvalue weighted by Crippen LogP contribution is 2.35. The van der Waals surface area contributed by atoms with Gasteiger partial charge in [-0.15, -0.1) is 0 Å². The Balaban J connectivity index is 1.81. The Labute approximate surface area is 186 Å². The van der Waals surface area contributed by atoms with Crippen LogP contribution < -0.4 is 10.1 Å². The second-order valence-corrected chi connectivity index (χ2v) is 7.68. The van der Waals surface area contributed by atoms with Gasteiger partial charge in [0.05, 0.1) is 24.9 Å². The predicted octanol–water partition coefficient (Wildman–Crippen LogP) is 4.84.